The minimum atomic E-state index is -0.463. The first-order chi connectivity index (χ1) is 8.15. The number of rotatable bonds is 3. The molecule has 0 aromatic heterocycles. The van der Waals surface area contributed by atoms with Crippen molar-refractivity contribution in [3.8, 4) is 0 Å². The Morgan fingerprint density at radius 3 is 2.89 bits per heavy atom. The molecule has 1 aliphatic carbocycles. The summed E-state index contributed by atoms with van der Waals surface area (Å²) in [6, 6.07) is 6.30. The second kappa shape index (κ2) is 6.94. The first-order valence-electron chi connectivity index (χ1n) is 6.02. The summed E-state index contributed by atoms with van der Waals surface area (Å²) in [5.41, 5.74) is 9.54. The standard InChI is InChI=1S/C13H19N3O.HI/c1-9(17)8-15-13(14)16-12-6-5-10-3-2-4-11(10)7-12;/h5-7,9,17H,2-4,8H2,1H3,(H3,14,15,16);1H. The number of fused-ring (bicyclic) bond motifs is 1. The first kappa shape index (κ1) is 15.2. The summed E-state index contributed by atoms with van der Waals surface area (Å²) >= 11 is 0. The second-order valence-electron chi connectivity index (χ2n) is 4.54. The molecule has 1 aromatic carbocycles. The molecule has 0 spiro atoms. The van der Waals surface area contributed by atoms with Gasteiger partial charge in [0.25, 0.3) is 0 Å². The van der Waals surface area contributed by atoms with Crippen molar-refractivity contribution in [2.24, 2.45) is 10.7 Å². The average Bonchev–Trinajstić information content (AvgIpc) is 2.73. The normalized spacial score (nSPS) is 15.8. The maximum atomic E-state index is 9.10. The van der Waals surface area contributed by atoms with Crippen LogP contribution in [0.1, 0.15) is 24.5 Å². The van der Waals surface area contributed by atoms with Gasteiger partial charge in [0.05, 0.1) is 12.6 Å². The van der Waals surface area contributed by atoms with Crippen LogP contribution in [-0.4, -0.2) is 23.7 Å². The van der Waals surface area contributed by atoms with Crippen LogP contribution in [0.25, 0.3) is 0 Å². The number of nitrogens with one attached hydrogen (secondary N) is 1. The lowest BCUT2D eigenvalue weighted by molar-refractivity contribution is 0.204. The van der Waals surface area contributed by atoms with Crippen molar-refractivity contribution < 1.29 is 5.11 Å². The number of aliphatic hydroxyl groups excluding tert-OH is 1. The van der Waals surface area contributed by atoms with Crippen molar-refractivity contribution in [2.45, 2.75) is 32.3 Å². The maximum absolute atomic E-state index is 9.10. The monoisotopic (exact) mass is 361 g/mol. The number of hydrogen-bond acceptors (Lipinski definition) is 2. The number of hydrogen-bond donors (Lipinski definition) is 3. The van der Waals surface area contributed by atoms with Crippen molar-refractivity contribution in [2.75, 3.05) is 11.9 Å². The Hall–Kier alpha value is -0.820. The summed E-state index contributed by atoms with van der Waals surface area (Å²) in [6.45, 7) is 2.01. The molecule has 1 atom stereocenters. The molecule has 0 heterocycles. The highest BCUT2D eigenvalue weighted by Gasteiger charge is 2.10. The molecule has 0 saturated carbocycles. The minimum Gasteiger partial charge on any atom is -0.391 e. The Labute approximate surface area is 125 Å². The van der Waals surface area contributed by atoms with E-state index in [0.717, 1.165) is 12.1 Å². The molecule has 4 N–H and O–H groups in total. The van der Waals surface area contributed by atoms with E-state index in [1.807, 2.05) is 6.07 Å². The van der Waals surface area contributed by atoms with Crippen LogP contribution in [-0.2, 0) is 12.8 Å². The molecule has 2 rings (SSSR count). The largest absolute Gasteiger partial charge is 0.391 e. The van der Waals surface area contributed by atoms with Crippen LogP contribution >= 0.6 is 24.0 Å². The molecular weight excluding hydrogens is 341 g/mol. The Morgan fingerprint density at radius 2 is 2.17 bits per heavy atom. The summed E-state index contributed by atoms with van der Waals surface area (Å²) < 4.78 is 0. The lowest BCUT2D eigenvalue weighted by atomic mass is 10.1. The van der Waals surface area contributed by atoms with Gasteiger partial charge in [-0.15, -0.1) is 24.0 Å². The number of guanidine groups is 1. The van der Waals surface area contributed by atoms with E-state index in [0.29, 0.717) is 12.5 Å². The van der Waals surface area contributed by atoms with Gasteiger partial charge in [0.2, 0.25) is 0 Å². The van der Waals surface area contributed by atoms with Gasteiger partial charge in [-0.3, -0.25) is 4.99 Å². The van der Waals surface area contributed by atoms with Crippen LogP contribution in [0.2, 0.25) is 0 Å². The third-order valence-electron chi connectivity index (χ3n) is 2.90. The highest BCUT2D eigenvalue weighted by molar-refractivity contribution is 14.0. The molecule has 0 bridgehead atoms. The summed E-state index contributed by atoms with van der Waals surface area (Å²) in [7, 11) is 0. The molecule has 4 nitrogen and oxygen atoms in total. The fourth-order valence-corrected chi connectivity index (χ4v) is 2.07. The highest BCUT2D eigenvalue weighted by atomic mass is 127. The zero-order chi connectivity index (χ0) is 12.3. The predicted molar refractivity (Wildman–Crippen MR) is 85.7 cm³/mol. The number of aliphatic imine (C=N–C) groups is 1. The SMILES string of the molecule is CC(O)CN=C(N)Nc1ccc2c(c1)CCC2.I. The van der Waals surface area contributed by atoms with E-state index in [-0.39, 0.29) is 24.0 Å². The van der Waals surface area contributed by atoms with E-state index in [1.165, 1.54) is 24.0 Å². The lowest BCUT2D eigenvalue weighted by Crippen LogP contribution is -2.24. The van der Waals surface area contributed by atoms with Gasteiger partial charge in [0.1, 0.15) is 0 Å². The van der Waals surface area contributed by atoms with Gasteiger partial charge in [0.15, 0.2) is 5.96 Å². The topological polar surface area (TPSA) is 70.6 Å². The molecule has 5 heteroatoms. The van der Waals surface area contributed by atoms with Crippen molar-refractivity contribution in [3.63, 3.8) is 0 Å². The van der Waals surface area contributed by atoms with E-state index in [2.05, 4.69) is 22.4 Å². The quantitative estimate of drug-likeness (QED) is 0.438. The average molecular weight is 361 g/mol. The van der Waals surface area contributed by atoms with Gasteiger partial charge in [0, 0.05) is 5.69 Å². The Balaban J connectivity index is 0.00000162. The Kier molecular flexibility index (Phi) is 5.87. The summed E-state index contributed by atoms with van der Waals surface area (Å²) in [6.07, 6.45) is 3.11. The fraction of sp³-hybridized carbons (Fsp3) is 0.462. The van der Waals surface area contributed by atoms with Crippen LogP contribution < -0.4 is 11.1 Å². The smallest absolute Gasteiger partial charge is 0.193 e. The number of aliphatic hydroxyl groups is 1. The Bertz CT molecular complexity index is 432. The lowest BCUT2D eigenvalue weighted by Gasteiger charge is -2.08. The zero-order valence-corrected chi connectivity index (χ0v) is 12.8. The number of anilines is 1. The fourth-order valence-electron chi connectivity index (χ4n) is 2.07. The molecular formula is C13H20IN3O. The van der Waals surface area contributed by atoms with Crippen LogP contribution in [0.15, 0.2) is 23.2 Å². The van der Waals surface area contributed by atoms with Gasteiger partial charge in [-0.25, -0.2) is 0 Å². The third kappa shape index (κ3) is 4.13. The molecule has 0 fully saturated rings. The molecule has 1 aromatic rings. The molecule has 0 amide bonds. The molecule has 1 unspecified atom stereocenters. The van der Waals surface area contributed by atoms with Crippen molar-refractivity contribution in [1.29, 1.82) is 0 Å². The van der Waals surface area contributed by atoms with Crippen molar-refractivity contribution in [1.82, 2.24) is 0 Å². The van der Waals surface area contributed by atoms with Gasteiger partial charge in [-0.05, 0) is 49.4 Å². The molecule has 0 radical (unpaired) electrons. The highest BCUT2D eigenvalue weighted by Crippen LogP contribution is 2.24. The van der Waals surface area contributed by atoms with E-state index >= 15 is 0 Å². The van der Waals surface area contributed by atoms with Gasteiger partial charge < -0.3 is 16.2 Å². The zero-order valence-electron chi connectivity index (χ0n) is 10.5. The maximum Gasteiger partial charge on any atom is 0.193 e. The number of halogens is 1. The van der Waals surface area contributed by atoms with Crippen LogP contribution in [0.5, 0.6) is 0 Å². The van der Waals surface area contributed by atoms with E-state index in [1.54, 1.807) is 6.92 Å². The molecule has 18 heavy (non-hydrogen) atoms. The summed E-state index contributed by atoms with van der Waals surface area (Å²) in [4.78, 5) is 4.05. The minimum absolute atomic E-state index is 0. The molecule has 1 aliphatic rings. The molecule has 0 saturated heterocycles. The van der Waals surface area contributed by atoms with E-state index < -0.39 is 6.10 Å². The Morgan fingerprint density at radius 1 is 1.44 bits per heavy atom. The van der Waals surface area contributed by atoms with Gasteiger partial charge in [-0.2, -0.15) is 0 Å². The third-order valence-corrected chi connectivity index (χ3v) is 2.90. The number of nitrogens with two attached hydrogens (primary N) is 1. The summed E-state index contributed by atoms with van der Waals surface area (Å²) in [5.74, 6) is 0.351. The number of aryl methyl sites for hydroxylation is 2. The van der Waals surface area contributed by atoms with Crippen LogP contribution in [0.4, 0.5) is 5.69 Å². The van der Waals surface area contributed by atoms with E-state index in [9.17, 15) is 0 Å². The number of benzene rings is 1. The molecule has 100 valence electrons. The van der Waals surface area contributed by atoms with Crippen LogP contribution in [0.3, 0.4) is 0 Å². The van der Waals surface area contributed by atoms with Gasteiger partial charge in [-0.1, -0.05) is 6.07 Å². The van der Waals surface area contributed by atoms with Gasteiger partial charge >= 0.3 is 0 Å². The predicted octanol–water partition coefficient (Wildman–Crippen LogP) is 1.90. The van der Waals surface area contributed by atoms with Crippen LogP contribution in [0, 0.1) is 0 Å². The molecule has 0 aliphatic heterocycles. The first-order valence-corrected chi connectivity index (χ1v) is 6.02. The second-order valence-corrected chi connectivity index (χ2v) is 4.54. The van der Waals surface area contributed by atoms with Crippen molar-refractivity contribution >= 4 is 35.6 Å². The summed E-state index contributed by atoms with van der Waals surface area (Å²) in [5, 5.41) is 12.1. The van der Waals surface area contributed by atoms with E-state index in [4.69, 9.17) is 10.8 Å². The number of nitrogens with zero attached hydrogens (tertiary/aromatic N) is 1. The van der Waals surface area contributed by atoms with Crippen molar-refractivity contribution in [3.05, 3.63) is 29.3 Å².